The maximum absolute atomic E-state index is 12.6. The summed E-state index contributed by atoms with van der Waals surface area (Å²) in [6, 6.07) is 1.79. The fourth-order valence-electron chi connectivity index (χ4n) is 3.49. The molecule has 122 valence electrons. The van der Waals surface area contributed by atoms with Crippen molar-refractivity contribution in [3.05, 3.63) is 15.8 Å². The Morgan fingerprint density at radius 3 is 3.14 bits per heavy atom. The average molecular weight is 345 g/mol. The summed E-state index contributed by atoms with van der Waals surface area (Å²) in [4.78, 5) is 14.5. The molecular formula is C15H21ClN2O3S. The highest BCUT2D eigenvalue weighted by Gasteiger charge is 2.40. The summed E-state index contributed by atoms with van der Waals surface area (Å²) in [5, 5.41) is 4.78. The lowest BCUT2D eigenvalue weighted by atomic mass is 9.94. The van der Waals surface area contributed by atoms with Crippen LogP contribution in [0.3, 0.4) is 0 Å². The fourth-order valence-corrected chi connectivity index (χ4v) is 4.32. The van der Waals surface area contributed by atoms with E-state index < -0.39 is 0 Å². The van der Waals surface area contributed by atoms with Crippen molar-refractivity contribution in [2.24, 2.45) is 5.92 Å². The van der Waals surface area contributed by atoms with Gasteiger partial charge in [0.1, 0.15) is 4.34 Å². The van der Waals surface area contributed by atoms with Crippen molar-refractivity contribution in [2.75, 3.05) is 32.2 Å². The lowest BCUT2D eigenvalue weighted by Crippen LogP contribution is -2.55. The Kier molecular flexibility index (Phi) is 5.23. The van der Waals surface area contributed by atoms with Gasteiger partial charge in [0.15, 0.2) is 0 Å². The zero-order valence-electron chi connectivity index (χ0n) is 12.6. The number of thiophene rings is 1. The van der Waals surface area contributed by atoms with E-state index in [1.54, 1.807) is 7.11 Å². The molecule has 2 heterocycles. The Hall–Kier alpha value is -0.820. The average Bonchev–Trinajstić information content (AvgIpc) is 3.16. The largest absolute Gasteiger partial charge is 0.381 e. The highest BCUT2D eigenvalue weighted by atomic mass is 35.5. The maximum Gasteiger partial charge on any atom is 0.322 e. The van der Waals surface area contributed by atoms with Crippen LogP contribution in [0, 0.1) is 5.92 Å². The Bertz CT molecular complexity index is 525. The zero-order valence-corrected chi connectivity index (χ0v) is 14.2. The van der Waals surface area contributed by atoms with Gasteiger partial charge in [0.05, 0.1) is 31.0 Å². The number of carbonyl (C=O) groups is 1. The number of hydrogen-bond acceptors (Lipinski definition) is 4. The number of amides is 2. The van der Waals surface area contributed by atoms with Gasteiger partial charge in [-0.25, -0.2) is 4.79 Å². The molecule has 0 aromatic carbocycles. The van der Waals surface area contributed by atoms with Crippen LogP contribution in [0.25, 0.3) is 0 Å². The number of methoxy groups -OCH3 is 1. The number of carbonyl (C=O) groups excluding carboxylic acids is 1. The third-order valence-corrected chi connectivity index (χ3v) is 5.76. The van der Waals surface area contributed by atoms with Crippen molar-refractivity contribution >= 4 is 34.7 Å². The number of morpholine rings is 1. The molecule has 2 aliphatic rings. The Labute approximate surface area is 139 Å². The molecule has 3 rings (SSSR count). The number of anilines is 1. The number of nitrogens with one attached hydrogen (secondary N) is 1. The summed E-state index contributed by atoms with van der Waals surface area (Å²) >= 11 is 7.48. The summed E-state index contributed by atoms with van der Waals surface area (Å²) in [5.41, 5.74) is 0.677. The molecule has 5 nitrogen and oxygen atoms in total. The third-order valence-electron chi connectivity index (χ3n) is 4.59. The first kappa shape index (κ1) is 16.1. The van der Waals surface area contributed by atoms with Gasteiger partial charge in [0.2, 0.25) is 0 Å². The second-order valence-corrected chi connectivity index (χ2v) is 7.26. The highest BCUT2D eigenvalue weighted by molar-refractivity contribution is 7.15. The second kappa shape index (κ2) is 7.17. The Morgan fingerprint density at radius 2 is 2.41 bits per heavy atom. The highest BCUT2D eigenvalue weighted by Crippen LogP contribution is 2.34. The van der Waals surface area contributed by atoms with E-state index in [0.29, 0.717) is 35.7 Å². The van der Waals surface area contributed by atoms with Crippen LogP contribution in [0.1, 0.15) is 19.3 Å². The SMILES string of the molecule is COC1CCCC1C1COCCN1C(=O)Nc1ccsc1Cl. The van der Waals surface area contributed by atoms with E-state index in [2.05, 4.69) is 5.32 Å². The van der Waals surface area contributed by atoms with Crippen molar-refractivity contribution in [3.63, 3.8) is 0 Å². The molecule has 3 unspecified atom stereocenters. The van der Waals surface area contributed by atoms with Crippen molar-refractivity contribution in [1.82, 2.24) is 4.90 Å². The van der Waals surface area contributed by atoms with E-state index in [4.69, 9.17) is 21.1 Å². The van der Waals surface area contributed by atoms with Crippen molar-refractivity contribution in [2.45, 2.75) is 31.4 Å². The van der Waals surface area contributed by atoms with Crippen LogP contribution in [0.4, 0.5) is 10.5 Å². The van der Waals surface area contributed by atoms with Crippen LogP contribution < -0.4 is 5.32 Å². The number of rotatable bonds is 3. The van der Waals surface area contributed by atoms with Gasteiger partial charge in [-0.3, -0.25) is 0 Å². The van der Waals surface area contributed by atoms with E-state index in [0.717, 1.165) is 19.3 Å². The molecule has 0 spiro atoms. The van der Waals surface area contributed by atoms with Gasteiger partial charge < -0.3 is 19.7 Å². The minimum Gasteiger partial charge on any atom is -0.381 e. The number of nitrogens with zero attached hydrogens (tertiary/aromatic N) is 1. The molecule has 2 amide bonds. The molecule has 1 aliphatic heterocycles. The molecule has 1 aromatic heterocycles. The molecular weight excluding hydrogens is 324 g/mol. The molecule has 3 atom stereocenters. The zero-order chi connectivity index (χ0) is 15.5. The minimum atomic E-state index is -0.102. The van der Waals surface area contributed by atoms with Crippen LogP contribution in [0.2, 0.25) is 4.34 Å². The Morgan fingerprint density at radius 1 is 1.55 bits per heavy atom. The number of hydrogen-bond donors (Lipinski definition) is 1. The fraction of sp³-hybridized carbons (Fsp3) is 0.667. The molecule has 1 saturated heterocycles. The van der Waals surface area contributed by atoms with Crippen molar-refractivity contribution in [3.8, 4) is 0 Å². The van der Waals surface area contributed by atoms with Crippen LogP contribution in [-0.2, 0) is 9.47 Å². The standard InChI is InChI=1S/C15H21ClN2O3S/c1-20-13-4-2-3-10(13)12-9-21-7-6-18(12)15(19)17-11-5-8-22-14(11)16/h5,8,10,12-13H,2-4,6-7,9H2,1H3,(H,17,19). The quantitative estimate of drug-likeness (QED) is 0.913. The third kappa shape index (κ3) is 3.25. The van der Waals surface area contributed by atoms with Crippen LogP contribution in [0.5, 0.6) is 0 Å². The summed E-state index contributed by atoms with van der Waals surface area (Å²) in [6.45, 7) is 1.76. The van der Waals surface area contributed by atoms with E-state index in [9.17, 15) is 4.79 Å². The number of halogens is 1. The maximum atomic E-state index is 12.6. The summed E-state index contributed by atoms with van der Waals surface area (Å²) in [6.07, 6.45) is 3.50. The first-order valence-corrected chi connectivity index (χ1v) is 8.87. The molecule has 1 N–H and O–H groups in total. The van der Waals surface area contributed by atoms with Crippen LogP contribution in [-0.4, -0.2) is 49.9 Å². The van der Waals surface area contributed by atoms with Gasteiger partial charge in [-0.05, 0) is 24.3 Å². The van der Waals surface area contributed by atoms with E-state index in [1.807, 2.05) is 16.3 Å². The summed E-state index contributed by atoms with van der Waals surface area (Å²) in [5.74, 6) is 0.342. The topological polar surface area (TPSA) is 50.8 Å². The van der Waals surface area contributed by atoms with Gasteiger partial charge >= 0.3 is 6.03 Å². The molecule has 7 heteroatoms. The predicted molar refractivity (Wildman–Crippen MR) is 87.8 cm³/mol. The van der Waals surface area contributed by atoms with Gasteiger partial charge in [0.25, 0.3) is 0 Å². The predicted octanol–water partition coefficient (Wildman–Crippen LogP) is 3.45. The second-order valence-electron chi connectivity index (χ2n) is 5.74. The van der Waals surface area contributed by atoms with Gasteiger partial charge in [-0.1, -0.05) is 18.0 Å². The van der Waals surface area contributed by atoms with Crippen molar-refractivity contribution in [1.29, 1.82) is 0 Å². The molecule has 1 aliphatic carbocycles. The molecule has 0 bridgehead atoms. The smallest absolute Gasteiger partial charge is 0.322 e. The number of urea groups is 1. The molecule has 22 heavy (non-hydrogen) atoms. The molecule has 1 saturated carbocycles. The molecule has 1 aromatic rings. The molecule has 0 radical (unpaired) electrons. The van der Waals surface area contributed by atoms with E-state index in [1.165, 1.54) is 11.3 Å². The first-order valence-electron chi connectivity index (χ1n) is 7.62. The first-order chi connectivity index (χ1) is 10.7. The van der Waals surface area contributed by atoms with Crippen molar-refractivity contribution < 1.29 is 14.3 Å². The molecule has 2 fully saturated rings. The normalized spacial score (nSPS) is 28.8. The minimum absolute atomic E-state index is 0.0682. The lowest BCUT2D eigenvalue weighted by Gasteiger charge is -2.40. The van der Waals surface area contributed by atoms with Crippen LogP contribution in [0.15, 0.2) is 11.4 Å². The Balaban J connectivity index is 1.72. The van der Waals surface area contributed by atoms with E-state index >= 15 is 0 Å². The van der Waals surface area contributed by atoms with Gasteiger partial charge in [0, 0.05) is 19.6 Å². The van der Waals surface area contributed by atoms with Crippen LogP contribution >= 0.6 is 22.9 Å². The monoisotopic (exact) mass is 344 g/mol. The summed E-state index contributed by atoms with van der Waals surface area (Å²) in [7, 11) is 1.75. The summed E-state index contributed by atoms with van der Waals surface area (Å²) < 4.78 is 11.8. The van der Waals surface area contributed by atoms with Gasteiger partial charge in [-0.2, -0.15) is 0 Å². The lowest BCUT2D eigenvalue weighted by molar-refractivity contribution is -0.0379. The van der Waals surface area contributed by atoms with E-state index in [-0.39, 0.29) is 18.2 Å². The van der Waals surface area contributed by atoms with Gasteiger partial charge in [-0.15, -0.1) is 11.3 Å². The number of ether oxygens (including phenoxy) is 2.